The van der Waals surface area contributed by atoms with E-state index in [2.05, 4.69) is 15.6 Å². The molecule has 150 valence electrons. The van der Waals surface area contributed by atoms with Crippen LogP contribution in [0.15, 0.2) is 0 Å². The predicted octanol–water partition coefficient (Wildman–Crippen LogP) is 2.68. The molecule has 1 fully saturated rings. The zero-order valence-electron chi connectivity index (χ0n) is 16.0. The fourth-order valence-electron chi connectivity index (χ4n) is 3.74. The van der Waals surface area contributed by atoms with Gasteiger partial charge in [-0.3, -0.25) is 0 Å². The van der Waals surface area contributed by atoms with Gasteiger partial charge in [0.25, 0.3) is 0 Å². The summed E-state index contributed by atoms with van der Waals surface area (Å²) < 4.78 is 36.6. The largest absolute Gasteiger partial charge is 0.444 e. The Morgan fingerprint density at radius 3 is 2.50 bits per heavy atom. The van der Waals surface area contributed by atoms with Crippen molar-refractivity contribution in [3.63, 3.8) is 0 Å². The molecule has 9 heteroatoms. The van der Waals surface area contributed by atoms with Crippen LogP contribution in [0.2, 0.25) is 0 Å². The first-order chi connectivity index (χ1) is 13.1. The van der Waals surface area contributed by atoms with E-state index in [4.69, 9.17) is 4.74 Å². The van der Waals surface area contributed by atoms with E-state index in [0.29, 0.717) is 12.8 Å². The number of aromatic nitrogens is 3. The van der Waals surface area contributed by atoms with Gasteiger partial charge in [0.1, 0.15) is 17.4 Å². The van der Waals surface area contributed by atoms with Crippen LogP contribution in [0.5, 0.6) is 0 Å². The summed E-state index contributed by atoms with van der Waals surface area (Å²) in [5, 5.41) is 10.6. The normalized spacial score (nSPS) is 20.1. The van der Waals surface area contributed by atoms with E-state index >= 15 is 4.39 Å². The van der Waals surface area contributed by atoms with Crippen LogP contribution in [0.25, 0.3) is 11.0 Å². The van der Waals surface area contributed by atoms with E-state index in [-0.39, 0.29) is 41.5 Å². The molecule has 2 aliphatic rings. The molecule has 0 spiro atoms. The Morgan fingerprint density at radius 1 is 1.29 bits per heavy atom. The van der Waals surface area contributed by atoms with Crippen molar-refractivity contribution in [1.29, 1.82) is 0 Å². The van der Waals surface area contributed by atoms with Crippen molar-refractivity contribution < 1.29 is 23.1 Å². The number of aldehydes is 1. The number of alkyl carbamates (subject to hydrolysis) is 1. The molecule has 0 saturated heterocycles. The van der Waals surface area contributed by atoms with Crippen LogP contribution in [0.3, 0.4) is 0 Å². The van der Waals surface area contributed by atoms with Crippen LogP contribution in [0.4, 0.5) is 13.6 Å². The van der Waals surface area contributed by atoms with E-state index in [1.54, 1.807) is 20.8 Å². The third-order valence-corrected chi connectivity index (χ3v) is 5.24. The summed E-state index contributed by atoms with van der Waals surface area (Å²) in [5.41, 5.74) is -0.991. The number of hydrogen-bond acceptors (Lipinski definition) is 5. The third kappa shape index (κ3) is 3.22. The fraction of sp³-hybridized carbons (Fsp3) is 0.579. The highest BCUT2D eigenvalue weighted by molar-refractivity contribution is 5.79. The van der Waals surface area contributed by atoms with Crippen molar-refractivity contribution in [2.45, 2.75) is 64.1 Å². The SMILES string of the molecule is CC(C)(C)OC(=O)NC1(Cn2nnc3c(F)c4c(c(F)c32)CC(C=O)C4)CC1. The van der Waals surface area contributed by atoms with Gasteiger partial charge in [0, 0.05) is 5.92 Å². The van der Waals surface area contributed by atoms with Gasteiger partial charge in [0.2, 0.25) is 0 Å². The lowest BCUT2D eigenvalue weighted by Gasteiger charge is -2.23. The van der Waals surface area contributed by atoms with Crippen LogP contribution in [-0.4, -0.2) is 38.5 Å². The Hall–Kier alpha value is -2.58. The molecule has 1 N–H and O–H groups in total. The highest BCUT2D eigenvalue weighted by Gasteiger charge is 2.46. The van der Waals surface area contributed by atoms with Gasteiger partial charge in [-0.15, -0.1) is 5.10 Å². The molecule has 7 nitrogen and oxygen atoms in total. The lowest BCUT2D eigenvalue weighted by Crippen LogP contribution is -2.43. The minimum Gasteiger partial charge on any atom is -0.444 e. The van der Waals surface area contributed by atoms with Crippen molar-refractivity contribution in [2.24, 2.45) is 5.92 Å². The average molecular weight is 392 g/mol. The van der Waals surface area contributed by atoms with Crippen molar-refractivity contribution >= 4 is 23.4 Å². The van der Waals surface area contributed by atoms with E-state index in [9.17, 15) is 14.0 Å². The Bertz CT molecular complexity index is 976. The highest BCUT2D eigenvalue weighted by atomic mass is 19.1. The molecule has 1 unspecified atom stereocenters. The van der Waals surface area contributed by atoms with Crippen molar-refractivity contribution in [1.82, 2.24) is 20.3 Å². The summed E-state index contributed by atoms with van der Waals surface area (Å²) in [7, 11) is 0. The number of carbonyl (C=O) groups is 2. The first-order valence-electron chi connectivity index (χ1n) is 9.31. The molecule has 0 aliphatic heterocycles. The molecule has 2 aromatic rings. The summed E-state index contributed by atoms with van der Waals surface area (Å²) in [4.78, 5) is 23.2. The molecule has 1 aromatic carbocycles. The number of nitrogens with zero attached hydrogens (tertiary/aromatic N) is 3. The number of rotatable bonds is 4. The monoisotopic (exact) mass is 392 g/mol. The Labute approximate surface area is 160 Å². The topological polar surface area (TPSA) is 86.1 Å². The van der Waals surface area contributed by atoms with E-state index in [1.165, 1.54) is 4.68 Å². The van der Waals surface area contributed by atoms with Crippen molar-refractivity contribution in [3.05, 3.63) is 22.8 Å². The molecule has 1 atom stereocenters. The van der Waals surface area contributed by atoms with Crippen molar-refractivity contribution in [3.8, 4) is 0 Å². The number of nitrogens with one attached hydrogen (secondary N) is 1. The first-order valence-corrected chi connectivity index (χ1v) is 9.31. The summed E-state index contributed by atoms with van der Waals surface area (Å²) >= 11 is 0. The molecule has 1 amide bonds. The molecule has 1 aromatic heterocycles. The van der Waals surface area contributed by atoms with E-state index < -0.39 is 34.8 Å². The zero-order valence-corrected chi connectivity index (χ0v) is 16.0. The van der Waals surface area contributed by atoms with Gasteiger partial charge in [-0.05, 0) is 57.6 Å². The second-order valence-electron chi connectivity index (χ2n) is 8.74. The predicted molar refractivity (Wildman–Crippen MR) is 95.7 cm³/mol. The smallest absolute Gasteiger partial charge is 0.408 e. The van der Waals surface area contributed by atoms with E-state index in [1.807, 2.05) is 0 Å². The molecule has 1 heterocycles. The second-order valence-corrected chi connectivity index (χ2v) is 8.74. The van der Waals surface area contributed by atoms with E-state index in [0.717, 1.165) is 6.29 Å². The molecule has 2 aliphatic carbocycles. The Morgan fingerprint density at radius 2 is 1.93 bits per heavy atom. The summed E-state index contributed by atoms with van der Waals surface area (Å²) in [6.07, 6.45) is 1.87. The summed E-state index contributed by atoms with van der Waals surface area (Å²) in [6, 6.07) is 0. The minimum atomic E-state index is -0.634. The number of carbonyl (C=O) groups excluding carboxylic acids is 2. The Balaban J connectivity index is 1.63. The van der Waals surface area contributed by atoms with Crippen LogP contribution in [0, 0.1) is 17.6 Å². The van der Waals surface area contributed by atoms with Gasteiger partial charge in [-0.1, -0.05) is 5.21 Å². The zero-order chi connectivity index (χ0) is 20.3. The molecule has 0 bridgehead atoms. The van der Waals surface area contributed by atoms with Crippen molar-refractivity contribution in [2.75, 3.05) is 0 Å². The molecular weight excluding hydrogens is 370 g/mol. The number of halogens is 2. The number of amides is 1. The van der Waals surface area contributed by atoms with Crippen LogP contribution in [0.1, 0.15) is 44.7 Å². The number of benzene rings is 1. The highest BCUT2D eigenvalue weighted by Crippen LogP contribution is 2.40. The molecule has 1 saturated carbocycles. The fourth-order valence-corrected chi connectivity index (χ4v) is 3.74. The van der Waals surface area contributed by atoms with Gasteiger partial charge < -0.3 is 14.8 Å². The number of fused-ring (bicyclic) bond motifs is 2. The minimum absolute atomic E-state index is 0.0277. The van der Waals surface area contributed by atoms with Crippen LogP contribution >= 0.6 is 0 Å². The lowest BCUT2D eigenvalue weighted by atomic mass is 10.1. The van der Waals surface area contributed by atoms with Crippen LogP contribution in [-0.2, 0) is 28.9 Å². The van der Waals surface area contributed by atoms with Gasteiger partial charge in [0.05, 0.1) is 12.1 Å². The maximum Gasteiger partial charge on any atom is 0.408 e. The lowest BCUT2D eigenvalue weighted by molar-refractivity contribution is -0.110. The average Bonchev–Trinajstić information content (AvgIpc) is 3.04. The maximum atomic E-state index is 15.1. The summed E-state index contributed by atoms with van der Waals surface area (Å²) in [6.45, 7) is 5.46. The molecule has 28 heavy (non-hydrogen) atoms. The summed E-state index contributed by atoms with van der Waals surface area (Å²) in [5.74, 6) is -1.63. The molecule has 4 rings (SSSR count). The molecular formula is C19H22F2N4O3. The van der Waals surface area contributed by atoms with Gasteiger partial charge in [-0.2, -0.15) is 0 Å². The second kappa shape index (κ2) is 6.22. The first kappa shape index (κ1) is 18.8. The Kier molecular flexibility index (Phi) is 4.17. The van der Waals surface area contributed by atoms with Gasteiger partial charge in [-0.25, -0.2) is 18.3 Å². The van der Waals surface area contributed by atoms with Gasteiger partial charge in [0.15, 0.2) is 17.2 Å². The quantitative estimate of drug-likeness (QED) is 0.809. The van der Waals surface area contributed by atoms with Gasteiger partial charge >= 0.3 is 6.09 Å². The molecule has 0 radical (unpaired) electrons. The number of ether oxygens (including phenoxy) is 1. The third-order valence-electron chi connectivity index (χ3n) is 5.24. The maximum absolute atomic E-state index is 15.1. The standard InChI is InChI=1S/C19H22F2N4O3/c1-18(2,3)28-17(27)22-19(4-5-19)9-25-16-14(21)12-7-10(8-26)6-11(12)13(20)15(16)23-24-25/h8,10H,4-7,9H2,1-3H3,(H,22,27). The number of hydrogen-bond donors (Lipinski definition) is 1. The van der Waals surface area contributed by atoms with Crippen LogP contribution < -0.4 is 5.32 Å².